The van der Waals surface area contributed by atoms with Gasteiger partial charge in [0.1, 0.15) is 0 Å². The van der Waals surface area contributed by atoms with Crippen LogP contribution in [0.15, 0.2) is 36.8 Å². The minimum Gasteiger partial charge on any atom is -0.476 e. The smallest absolute Gasteiger partial charge is 0.232 e. The average molecular weight is 340 g/mol. The summed E-state index contributed by atoms with van der Waals surface area (Å²) in [6.07, 6.45) is 7.11. The van der Waals surface area contributed by atoms with Crippen LogP contribution in [0.4, 0.5) is 5.13 Å². The van der Waals surface area contributed by atoms with Crippen molar-refractivity contribution in [3.63, 3.8) is 0 Å². The van der Waals surface area contributed by atoms with Crippen molar-refractivity contribution in [2.45, 2.75) is 19.8 Å². The van der Waals surface area contributed by atoms with Crippen LogP contribution in [0.25, 0.3) is 10.2 Å². The largest absolute Gasteiger partial charge is 0.476 e. The normalized spacial score (nSPS) is 17.5. The van der Waals surface area contributed by atoms with Crippen LogP contribution in [-0.2, 0) is 6.42 Å². The van der Waals surface area contributed by atoms with E-state index < -0.39 is 0 Å². The molecule has 0 aliphatic carbocycles. The Morgan fingerprint density at radius 3 is 3.12 bits per heavy atom. The fourth-order valence-corrected chi connectivity index (χ4v) is 4.17. The zero-order valence-corrected chi connectivity index (χ0v) is 14.5. The van der Waals surface area contributed by atoms with Gasteiger partial charge >= 0.3 is 0 Å². The Morgan fingerprint density at radius 1 is 1.33 bits per heavy atom. The van der Waals surface area contributed by atoms with Crippen molar-refractivity contribution in [2.75, 3.05) is 24.6 Å². The number of fused-ring (bicyclic) bond motifs is 1. The topological polar surface area (TPSA) is 51.1 Å². The number of anilines is 1. The molecule has 5 nitrogen and oxygen atoms in total. The van der Waals surface area contributed by atoms with E-state index in [0.717, 1.165) is 31.1 Å². The summed E-state index contributed by atoms with van der Waals surface area (Å²) >= 11 is 1.79. The second-order valence-electron chi connectivity index (χ2n) is 6.07. The summed E-state index contributed by atoms with van der Waals surface area (Å²) in [6, 6.07) is 6.47. The molecular formula is C18H20N4OS. The Morgan fingerprint density at radius 2 is 2.29 bits per heavy atom. The number of para-hydroxylation sites is 1. The monoisotopic (exact) mass is 340 g/mol. The number of hydrogen-bond acceptors (Lipinski definition) is 6. The first-order valence-corrected chi connectivity index (χ1v) is 9.17. The number of ether oxygens (including phenoxy) is 1. The molecule has 1 saturated heterocycles. The zero-order valence-electron chi connectivity index (χ0n) is 13.7. The molecule has 0 N–H and O–H groups in total. The van der Waals surface area contributed by atoms with Gasteiger partial charge < -0.3 is 9.64 Å². The Labute approximate surface area is 145 Å². The molecule has 1 aliphatic rings. The minimum atomic E-state index is 0.504. The van der Waals surface area contributed by atoms with E-state index in [9.17, 15) is 0 Å². The van der Waals surface area contributed by atoms with Crippen molar-refractivity contribution in [1.82, 2.24) is 15.0 Å². The maximum atomic E-state index is 5.75. The predicted octanol–water partition coefficient (Wildman–Crippen LogP) is 3.55. The van der Waals surface area contributed by atoms with Crippen LogP contribution in [0.1, 0.15) is 18.9 Å². The van der Waals surface area contributed by atoms with E-state index in [-0.39, 0.29) is 0 Å². The molecule has 1 aromatic carbocycles. The van der Waals surface area contributed by atoms with E-state index in [1.807, 2.05) is 0 Å². The van der Waals surface area contributed by atoms with Gasteiger partial charge in [0.25, 0.3) is 0 Å². The van der Waals surface area contributed by atoms with E-state index in [4.69, 9.17) is 9.72 Å². The van der Waals surface area contributed by atoms with Crippen LogP contribution >= 0.6 is 11.3 Å². The molecule has 3 heterocycles. The lowest BCUT2D eigenvalue weighted by molar-refractivity contribution is 0.251. The summed E-state index contributed by atoms with van der Waals surface area (Å²) in [7, 11) is 0. The molecule has 3 aromatic rings. The van der Waals surface area contributed by atoms with Gasteiger partial charge in [-0.3, -0.25) is 4.98 Å². The number of nitrogens with zero attached hydrogens (tertiary/aromatic N) is 4. The number of rotatable bonds is 5. The van der Waals surface area contributed by atoms with Crippen LogP contribution < -0.4 is 9.64 Å². The Bertz CT molecular complexity index is 820. The molecular weight excluding hydrogens is 320 g/mol. The standard InChI is InChI=1S/C18H20N4OS/c1-2-14-4-3-5-15-17(14)21-18(24-15)22-9-6-13(11-22)12-23-16-10-19-7-8-20-16/h3-5,7-8,10,13H,2,6,9,11-12H2,1H3. The Balaban J connectivity index is 1.43. The van der Waals surface area contributed by atoms with Crippen molar-refractivity contribution in [1.29, 1.82) is 0 Å². The SMILES string of the molecule is CCc1cccc2sc(N3CCC(COc4cnccn4)C3)nc12. The molecule has 0 saturated carbocycles. The number of benzene rings is 1. The van der Waals surface area contributed by atoms with Gasteiger partial charge in [0.2, 0.25) is 5.88 Å². The third-order valence-electron chi connectivity index (χ3n) is 4.43. The summed E-state index contributed by atoms with van der Waals surface area (Å²) in [5.74, 6) is 1.10. The third kappa shape index (κ3) is 3.06. The van der Waals surface area contributed by atoms with Crippen molar-refractivity contribution < 1.29 is 4.74 Å². The van der Waals surface area contributed by atoms with E-state index >= 15 is 0 Å². The molecule has 1 atom stereocenters. The second kappa shape index (κ2) is 6.73. The maximum Gasteiger partial charge on any atom is 0.232 e. The van der Waals surface area contributed by atoms with Crippen molar-refractivity contribution in [3.8, 4) is 5.88 Å². The van der Waals surface area contributed by atoms with Crippen LogP contribution in [0.2, 0.25) is 0 Å². The first-order valence-electron chi connectivity index (χ1n) is 8.35. The third-order valence-corrected chi connectivity index (χ3v) is 5.52. The van der Waals surface area contributed by atoms with E-state index in [1.165, 1.54) is 15.8 Å². The zero-order chi connectivity index (χ0) is 16.4. The highest BCUT2D eigenvalue weighted by Gasteiger charge is 2.25. The van der Waals surface area contributed by atoms with Crippen LogP contribution in [0, 0.1) is 5.92 Å². The van der Waals surface area contributed by atoms with Gasteiger partial charge in [0.15, 0.2) is 5.13 Å². The molecule has 1 fully saturated rings. The minimum absolute atomic E-state index is 0.504. The lowest BCUT2D eigenvalue weighted by Gasteiger charge is -2.15. The number of thiazole rings is 1. The van der Waals surface area contributed by atoms with Gasteiger partial charge in [-0.05, 0) is 24.5 Å². The van der Waals surface area contributed by atoms with E-state index in [0.29, 0.717) is 18.4 Å². The van der Waals surface area contributed by atoms with Gasteiger partial charge in [-0.15, -0.1) is 0 Å². The van der Waals surface area contributed by atoms with Crippen LogP contribution in [0.3, 0.4) is 0 Å². The van der Waals surface area contributed by atoms with Gasteiger partial charge in [0, 0.05) is 31.4 Å². The Hall–Kier alpha value is -2.21. The van der Waals surface area contributed by atoms with E-state index in [1.54, 1.807) is 29.9 Å². The number of aromatic nitrogens is 3. The molecule has 6 heteroatoms. The summed E-state index contributed by atoms with van der Waals surface area (Å²) < 4.78 is 7.03. The summed E-state index contributed by atoms with van der Waals surface area (Å²) in [6.45, 7) is 4.89. The van der Waals surface area contributed by atoms with Crippen molar-refractivity contribution in [3.05, 3.63) is 42.4 Å². The number of hydrogen-bond donors (Lipinski definition) is 0. The van der Waals surface area contributed by atoms with Gasteiger partial charge in [0.05, 0.1) is 23.0 Å². The predicted molar refractivity (Wildman–Crippen MR) is 96.8 cm³/mol. The molecule has 0 amide bonds. The molecule has 1 unspecified atom stereocenters. The first kappa shape index (κ1) is 15.3. The van der Waals surface area contributed by atoms with Gasteiger partial charge in [-0.25, -0.2) is 9.97 Å². The summed E-state index contributed by atoms with van der Waals surface area (Å²) in [4.78, 5) is 15.5. The van der Waals surface area contributed by atoms with E-state index in [2.05, 4.69) is 40.0 Å². The second-order valence-corrected chi connectivity index (χ2v) is 7.08. The fraction of sp³-hybridized carbons (Fsp3) is 0.389. The van der Waals surface area contributed by atoms with Gasteiger partial charge in [-0.2, -0.15) is 0 Å². The highest BCUT2D eigenvalue weighted by Crippen LogP contribution is 2.33. The fourth-order valence-electron chi connectivity index (χ4n) is 3.12. The summed E-state index contributed by atoms with van der Waals surface area (Å²) in [5, 5.41) is 1.13. The Kier molecular flexibility index (Phi) is 4.30. The average Bonchev–Trinajstić information content (AvgIpc) is 3.27. The van der Waals surface area contributed by atoms with Crippen molar-refractivity contribution in [2.24, 2.45) is 5.92 Å². The van der Waals surface area contributed by atoms with Crippen LogP contribution in [-0.4, -0.2) is 34.6 Å². The quantitative estimate of drug-likeness (QED) is 0.711. The van der Waals surface area contributed by atoms with Gasteiger partial charge in [-0.1, -0.05) is 30.4 Å². The molecule has 0 radical (unpaired) electrons. The molecule has 0 bridgehead atoms. The number of aryl methyl sites for hydroxylation is 1. The lowest BCUT2D eigenvalue weighted by atomic mass is 10.1. The maximum absolute atomic E-state index is 5.75. The highest BCUT2D eigenvalue weighted by molar-refractivity contribution is 7.22. The van der Waals surface area contributed by atoms with Crippen LogP contribution in [0.5, 0.6) is 5.88 Å². The molecule has 4 rings (SSSR count). The van der Waals surface area contributed by atoms with Crippen molar-refractivity contribution >= 4 is 26.7 Å². The molecule has 1 aliphatic heterocycles. The molecule has 24 heavy (non-hydrogen) atoms. The molecule has 2 aromatic heterocycles. The molecule has 124 valence electrons. The summed E-state index contributed by atoms with van der Waals surface area (Å²) in [5.41, 5.74) is 2.50. The molecule has 0 spiro atoms. The highest BCUT2D eigenvalue weighted by atomic mass is 32.1. The first-order chi connectivity index (χ1) is 11.8. The lowest BCUT2D eigenvalue weighted by Crippen LogP contribution is -2.21.